The first-order valence-electron chi connectivity index (χ1n) is 6.50. The molecule has 0 unspecified atom stereocenters. The predicted molar refractivity (Wildman–Crippen MR) is 60.5 cm³/mol. The van der Waals surface area contributed by atoms with E-state index in [0.717, 1.165) is 18.8 Å². The van der Waals surface area contributed by atoms with Gasteiger partial charge in [0.15, 0.2) is 0 Å². The molecule has 0 amide bonds. The predicted octanol–water partition coefficient (Wildman–Crippen LogP) is 3.57. The van der Waals surface area contributed by atoms with E-state index in [1.54, 1.807) is 0 Å². The Morgan fingerprint density at radius 3 is 2.67 bits per heavy atom. The third-order valence-electron chi connectivity index (χ3n) is 6.45. The van der Waals surface area contributed by atoms with Crippen molar-refractivity contribution in [1.29, 1.82) is 0 Å². The minimum absolute atomic E-state index is 0.0394. The summed E-state index contributed by atoms with van der Waals surface area (Å²) in [5, 5.41) is 0. The summed E-state index contributed by atoms with van der Waals surface area (Å²) in [7, 11) is 0. The molecule has 0 aliphatic heterocycles. The topological polar surface area (TPSA) is 17.1 Å². The first-order valence-corrected chi connectivity index (χ1v) is 6.50. The zero-order chi connectivity index (χ0) is 10.9. The van der Waals surface area contributed by atoms with Gasteiger partial charge in [0.25, 0.3) is 0 Å². The van der Waals surface area contributed by atoms with E-state index >= 15 is 0 Å². The molecule has 0 heterocycles. The Kier molecular flexibility index (Phi) is 1.64. The average molecular weight is 206 g/mol. The van der Waals surface area contributed by atoms with Crippen LogP contribution in [0.3, 0.4) is 0 Å². The Morgan fingerprint density at radius 2 is 1.93 bits per heavy atom. The van der Waals surface area contributed by atoms with Gasteiger partial charge in [-0.2, -0.15) is 0 Å². The van der Waals surface area contributed by atoms with Crippen LogP contribution in [-0.4, -0.2) is 5.78 Å². The lowest BCUT2D eigenvalue weighted by Crippen LogP contribution is -2.42. The summed E-state index contributed by atoms with van der Waals surface area (Å²) in [4.78, 5) is 12.3. The van der Waals surface area contributed by atoms with Crippen molar-refractivity contribution in [2.24, 2.45) is 22.2 Å². The minimum atomic E-state index is 0.0394. The molecule has 0 aromatic heterocycles. The lowest BCUT2D eigenvalue weighted by molar-refractivity contribution is -0.128. The molecule has 3 aliphatic rings. The highest BCUT2D eigenvalue weighted by Crippen LogP contribution is 2.76. The van der Waals surface area contributed by atoms with Crippen LogP contribution in [0.1, 0.15) is 59.3 Å². The standard InChI is InChI=1S/C14H22O/c1-10-5-8-13(3)11(15)9-12(2)6-4-7-14(10,12)13/h10H,4-9H2,1-3H3/t10-,12+,13+,14-/m1/s1. The van der Waals surface area contributed by atoms with Crippen LogP contribution in [0.2, 0.25) is 0 Å². The summed E-state index contributed by atoms with van der Waals surface area (Å²) in [5.74, 6) is 1.34. The van der Waals surface area contributed by atoms with E-state index in [2.05, 4.69) is 20.8 Å². The van der Waals surface area contributed by atoms with Gasteiger partial charge in [-0.15, -0.1) is 0 Å². The highest BCUT2D eigenvalue weighted by atomic mass is 16.1. The fourth-order valence-corrected chi connectivity index (χ4v) is 5.77. The second-order valence-electron chi connectivity index (χ2n) is 6.76. The first kappa shape index (κ1) is 9.86. The quantitative estimate of drug-likeness (QED) is 0.592. The maximum absolute atomic E-state index is 12.3. The van der Waals surface area contributed by atoms with E-state index < -0.39 is 0 Å². The largest absolute Gasteiger partial charge is 0.299 e. The number of carbonyl (C=O) groups is 1. The molecule has 0 saturated heterocycles. The molecule has 0 bridgehead atoms. The van der Waals surface area contributed by atoms with Crippen molar-refractivity contribution in [1.82, 2.24) is 0 Å². The molecule has 1 spiro atoms. The Bertz CT molecular complexity index is 334. The van der Waals surface area contributed by atoms with E-state index in [9.17, 15) is 4.79 Å². The maximum Gasteiger partial charge on any atom is 0.139 e. The molecule has 3 saturated carbocycles. The number of carbonyl (C=O) groups excluding carboxylic acids is 1. The van der Waals surface area contributed by atoms with Crippen LogP contribution in [0.15, 0.2) is 0 Å². The van der Waals surface area contributed by atoms with Crippen LogP contribution in [0, 0.1) is 22.2 Å². The highest BCUT2D eigenvalue weighted by Gasteiger charge is 2.73. The van der Waals surface area contributed by atoms with E-state index in [0.29, 0.717) is 16.6 Å². The van der Waals surface area contributed by atoms with Crippen molar-refractivity contribution in [3.8, 4) is 0 Å². The van der Waals surface area contributed by atoms with Gasteiger partial charge in [0.1, 0.15) is 5.78 Å². The van der Waals surface area contributed by atoms with Crippen LogP contribution in [-0.2, 0) is 4.79 Å². The van der Waals surface area contributed by atoms with Gasteiger partial charge in [-0.05, 0) is 42.4 Å². The third kappa shape index (κ3) is 0.786. The molecule has 1 nitrogen and oxygen atoms in total. The summed E-state index contributed by atoms with van der Waals surface area (Å²) >= 11 is 0. The zero-order valence-corrected chi connectivity index (χ0v) is 10.2. The fraction of sp³-hybridized carbons (Fsp3) is 0.929. The second-order valence-corrected chi connectivity index (χ2v) is 6.76. The van der Waals surface area contributed by atoms with E-state index in [4.69, 9.17) is 0 Å². The van der Waals surface area contributed by atoms with Crippen LogP contribution in [0.5, 0.6) is 0 Å². The van der Waals surface area contributed by atoms with E-state index in [-0.39, 0.29) is 5.41 Å². The van der Waals surface area contributed by atoms with Crippen LogP contribution in [0.4, 0.5) is 0 Å². The fourth-order valence-electron chi connectivity index (χ4n) is 5.77. The Morgan fingerprint density at radius 1 is 1.20 bits per heavy atom. The number of ketones is 1. The normalized spacial score (nSPS) is 58.3. The summed E-state index contributed by atoms with van der Waals surface area (Å²) in [5.41, 5.74) is 0.753. The first-order chi connectivity index (χ1) is 6.96. The lowest BCUT2D eigenvalue weighted by Gasteiger charge is -2.45. The van der Waals surface area contributed by atoms with Crippen LogP contribution in [0.25, 0.3) is 0 Å². The van der Waals surface area contributed by atoms with Crippen molar-refractivity contribution in [3.05, 3.63) is 0 Å². The van der Waals surface area contributed by atoms with Crippen molar-refractivity contribution < 1.29 is 4.79 Å². The smallest absolute Gasteiger partial charge is 0.139 e. The van der Waals surface area contributed by atoms with Crippen LogP contribution >= 0.6 is 0 Å². The molecule has 1 heteroatoms. The minimum Gasteiger partial charge on any atom is -0.299 e. The summed E-state index contributed by atoms with van der Waals surface area (Å²) in [6.07, 6.45) is 7.25. The van der Waals surface area contributed by atoms with Gasteiger partial charge in [0, 0.05) is 11.8 Å². The third-order valence-corrected chi connectivity index (χ3v) is 6.45. The molecule has 3 fully saturated rings. The van der Waals surface area contributed by atoms with Gasteiger partial charge < -0.3 is 0 Å². The van der Waals surface area contributed by atoms with E-state index in [1.165, 1.54) is 25.7 Å². The second kappa shape index (κ2) is 2.49. The number of Topliss-reactive ketones (excluding diaryl/α,β-unsaturated/α-hetero) is 1. The SMILES string of the molecule is C[C@@H]1CC[C@@]2(C)C(=O)C[C@]3(C)CCC[C@@]132. The summed E-state index contributed by atoms with van der Waals surface area (Å²) in [6, 6.07) is 0. The molecule has 84 valence electrons. The Hall–Kier alpha value is -0.330. The molecule has 3 aliphatic carbocycles. The van der Waals surface area contributed by atoms with Crippen LogP contribution < -0.4 is 0 Å². The molecular formula is C14H22O. The molecule has 0 radical (unpaired) electrons. The number of hydrogen-bond acceptors (Lipinski definition) is 1. The molecule has 0 N–H and O–H groups in total. The molecular weight excluding hydrogens is 184 g/mol. The van der Waals surface area contributed by atoms with Gasteiger partial charge in [0.2, 0.25) is 0 Å². The average Bonchev–Trinajstić information content (AvgIpc) is 2.67. The Labute approximate surface area is 92.6 Å². The highest BCUT2D eigenvalue weighted by molar-refractivity contribution is 5.90. The number of rotatable bonds is 0. The van der Waals surface area contributed by atoms with Gasteiger partial charge in [-0.25, -0.2) is 0 Å². The summed E-state index contributed by atoms with van der Waals surface area (Å²) < 4.78 is 0. The maximum atomic E-state index is 12.3. The molecule has 15 heavy (non-hydrogen) atoms. The lowest BCUT2D eigenvalue weighted by atomic mass is 9.57. The van der Waals surface area contributed by atoms with Crippen molar-refractivity contribution in [3.63, 3.8) is 0 Å². The summed E-state index contributed by atoms with van der Waals surface area (Å²) in [6.45, 7) is 7.06. The Balaban J connectivity index is 2.21. The van der Waals surface area contributed by atoms with Crippen molar-refractivity contribution >= 4 is 5.78 Å². The van der Waals surface area contributed by atoms with Gasteiger partial charge in [-0.1, -0.05) is 27.2 Å². The van der Waals surface area contributed by atoms with Gasteiger partial charge >= 0.3 is 0 Å². The van der Waals surface area contributed by atoms with Gasteiger partial charge in [0.05, 0.1) is 0 Å². The molecule has 3 rings (SSSR count). The van der Waals surface area contributed by atoms with Crippen molar-refractivity contribution in [2.75, 3.05) is 0 Å². The van der Waals surface area contributed by atoms with E-state index in [1.807, 2.05) is 0 Å². The molecule has 0 aromatic carbocycles. The molecule has 0 aromatic rings. The monoisotopic (exact) mass is 206 g/mol. The number of hydrogen-bond donors (Lipinski definition) is 0. The van der Waals surface area contributed by atoms with Crippen molar-refractivity contribution in [2.45, 2.75) is 59.3 Å². The molecule has 4 atom stereocenters. The zero-order valence-electron chi connectivity index (χ0n) is 10.2. The van der Waals surface area contributed by atoms with Gasteiger partial charge in [-0.3, -0.25) is 4.79 Å².